The lowest BCUT2D eigenvalue weighted by Crippen LogP contribution is -2.06. The molecule has 6 nitrogen and oxygen atoms in total. The molecule has 3 aromatic heterocycles. The lowest BCUT2D eigenvalue weighted by atomic mass is 10.2. The molecule has 2 N–H and O–H groups in total. The maximum atomic E-state index is 14.0. The summed E-state index contributed by atoms with van der Waals surface area (Å²) in [5, 5.41) is 6.46. The molecule has 0 amide bonds. The number of nitrogen functional groups attached to an aromatic ring is 1. The normalized spacial score (nSPS) is 10.9. The molecule has 124 valence electrons. The van der Waals surface area contributed by atoms with Crippen molar-refractivity contribution in [3.05, 3.63) is 64.9 Å². The third-order valence-electron chi connectivity index (χ3n) is 3.66. The summed E-state index contributed by atoms with van der Waals surface area (Å²) in [5.74, 6) is 0.511. The van der Waals surface area contributed by atoms with Gasteiger partial charge in [-0.15, -0.1) is 11.3 Å². The van der Waals surface area contributed by atoms with E-state index in [4.69, 9.17) is 5.73 Å². The van der Waals surface area contributed by atoms with E-state index in [0.29, 0.717) is 22.9 Å². The number of nitrogens with two attached hydrogens (primary N) is 1. The average Bonchev–Trinajstić information content (AvgIpc) is 3.26. The number of aromatic nitrogens is 5. The van der Waals surface area contributed by atoms with Crippen molar-refractivity contribution < 1.29 is 4.39 Å². The summed E-state index contributed by atoms with van der Waals surface area (Å²) in [4.78, 5) is 12.7. The molecule has 0 fully saturated rings. The molecule has 3 heterocycles. The zero-order chi connectivity index (χ0) is 17.2. The first-order valence-electron chi connectivity index (χ1n) is 7.49. The number of rotatable bonds is 4. The topological polar surface area (TPSA) is 82.5 Å². The third-order valence-corrected chi connectivity index (χ3v) is 4.25. The van der Waals surface area contributed by atoms with Crippen LogP contribution in [0, 0.1) is 5.82 Å². The maximum Gasteiger partial charge on any atom is 0.182 e. The van der Waals surface area contributed by atoms with Gasteiger partial charge in [-0.2, -0.15) is 5.10 Å². The van der Waals surface area contributed by atoms with Crippen LogP contribution in [0.25, 0.3) is 22.9 Å². The largest absolute Gasteiger partial charge is 0.384 e. The minimum absolute atomic E-state index is 0.274. The number of benzene rings is 1. The van der Waals surface area contributed by atoms with E-state index in [0.717, 1.165) is 11.4 Å². The highest BCUT2D eigenvalue weighted by Crippen LogP contribution is 2.25. The van der Waals surface area contributed by atoms with Crippen molar-refractivity contribution >= 4 is 17.2 Å². The molecule has 0 atom stereocenters. The van der Waals surface area contributed by atoms with Crippen LogP contribution >= 0.6 is 11.3 Å². The zero-order valence-corrected chi connectivity index (χ0v) is 13.8. The van der Waals surface area contributed by atoms with Gasteiger partial charge < -0.3 is 5.73 Å². The molecule has 0 radical (unpaired) electrons. The molecular weight excluding hydrogens is 339 g/mol. The van der Waals surface area contributed by atoms with Crippen molar-refractivity contribution in [3.63, 3.8) is 0 Å². The van der Waals surface area contributed by atoms with Gasteiger partial charge in [-0.1, -0.05) is 18.2 Å². The second kappa shape index (κ2) is 6.40. The SMILES string of the molecule is Nc1ccnc(-c2cc(-c3cscn3)n(Cc3ccccc3F)n2)n1. The van der Waals surface area contributed by atoms with Gasteiger partial charge in [-0.05, 0) is 18.2 Å². The summed E-state index contributed by atoms with van der Waals surface area (Å²) in [5.41, 5.74) is 10.1. The van der Waals surface area contributed by atoms with Crippen molar-refractivity contribution in [2.24, 2.45) is 0 Å². The molecule has 0 saturated heterocycles. The van der Waals surface area contributed by atoms with E-state index in [1.165, 1.54) is 17.4 Å². The number of nitrogens with zero attached hydrogens (tertiary/aromatic N) is 5. The molecule has 8 heteroatoms. The predicted molar refractivity (Wildman–Crippen MR) is 94.3 cm³/mol. The zero-order valence-electron chi connectivity index (χ0n) is 13.0. The Morgan fingerprint density at radius 2 is 2.00 bits per heavy atom. The smallest absolute Gasteiger partial charge is 0.182 e. The molecule has 4 rings (SSSR count). The van der Waals surface area contributed by atoms with Crippen molar-refractivity contribution in [1.29, 1.82) is 0 Å². The number of hydrogen-bond donors (Lipinski definition) is 1. The Bertz CT molecular complexity index is 1010. The van der Waals surface area contributed by atoms with E-state index >= 15 is 0 Å². The highest BCUT2D eigenvalue weighted by atomic mass is 32.1. The highest BCUT2D eigenvalue weighted by molar-refractivity contribution is 7.07. The predicted octanol–water partition coefficient (Wildman–Crippen LogP) is 3.23. The van der Waals surface area contributed by atoms with Crippen LogP contribution < -0.4 is 5.73 Å². The van der Waals surface area contributed by atoms with Gasteiger partial charge in [-0.3, -0.25) is 4.68 Å². The van der Waals surface area contributed by atoms with Crippen LogP contribution in [0.2, 0.25) is 0 Å². The third kappa shape index (κ3) is 3.11. The first-order valence-corrected chi connectivity index (χ1v) is 8.44. The van der Waals surface area contributed by atoms with Crippen LogP contribution in [0.3, 0.4) is 0 Å². The van der Waals surface area contributed by atoms with E-state index in [1.807, 2.05) is 11.4 Å². The van der Waals surface area contributed by atoms with Crippen LogP contribution in [0.5, 0.6) is 0 Å². The van der Waals surface area contributed by atoms with Gasteiger partial charge in [0.15, 0.2) is 5.82 Å². The van der Waals surface area contributed by atoms with E-state index < -0.39 is 0 Å². The van der Waals surface area contributed by atoms with E-state index in [2.05, 4.69) is 20.1 Å². The summed E-state index contributed by atoms with van der Waals surface area (Å²) in [6, 6.07) is 10.1. The molecule has 1 aromatic carbocycles. The van der Waals surface area contributed by atoms with Gasteiger partial charge in [0, 0.05) is 17.1 Å². The van der Waals surface area contributed by atoms with Gasteiger partial charge in [0.1, 0.15) is 17.3 Å². The van der Waals surface area contributed by atoms with E-state index in [9.17, 15) is 4.39 Å². The standard InChI is InChI=1S/C17H13FN6S/c18-12-4-2-1-3-11(12)8-24-15(14-9-25-10-21-14)7-13(23-24)17-20-6-5-16(19)22-17/h1-7,9-10H,8H2,(H2,19,20,22). The summed E-state index contributed by atoms with van der Waals surface area (Å²) < 4.78 is 15.7. The second-order valence-corrected chi connectivity index (χ2v) is 6.06. The lowest BCUT2D eigenvalue weighted by Gasteiger charge is -2.06. The summed E-state index contributed by atoms with van der Waals surface area (Å²) >= 11 is 1.48. The molecular formula is C17H13FN6S. The molecule has 0 aliphatic rings. The summed E-state index contributed by atoms with van der Waals surface area (Å²) in [7, 11) is 0. The quantitative estimate of drug-likeness (QED) is 0.610. The second-order valence-electron chi connectivity index (χ2n) is 5.34. The molecule has 0 saturated carbocycles. The van der Waals surface area contributed by atoms with Gasteiger partial charge in [0.25, 0.3) is 0 Å². The average molecular weight is 352 g/mol. The minimum atomic E-state index is -0.274. The molecule has 0 aliphatic carbocycles. The first-order chi connectivity index (χ1) is 12.2. The van der Waals surface area contributed by atoms with Crippen molar-refractivity contribution in [3.8, 4) is 22.9 Å². The van der Waals surface area contributed by atoms with Crippen LogP contribution in [0.1, 0.15) is 5.56 Å². The first kappa shape index (κ1) is 15.4. The number of thiazole rings is 1. The number of halogens is 1. The van der Waals surface area contributed by atoms with E-state index in [-0.39, 0.29) is 12.4 Å². The molecule has 25 heavy (non-hydrogen) atoms. The van der Waals surface area contributed by atoms with Crippen LogP contribution in [0.15, 0.2) is 53.5 Å². The highest BCUT2D eigenvalue weighted by Gasteiger charge is 2.16. The fraction of sp³-hybridized carbons (Fsp3) is 0.0588. The van der Waals surface area contributed by atoms with Crippen LogP contribution in [-0.2, 0) is 6.54 Å². The van der Waals surface area contributed by atoms with Gasteiger partial charge in [0.05, 0.1) is 23.4 Å². The van der Waals surface area contributed by atoms with Crippen molar-refractivity contribution in [1.82, 2.24) is 24.7 Å². The Hall–Kier alpha value is -3.13. The fourth-order valence-corrected chi connectivity index (χ4v) is 3.02. The molecule has 0 aliphatic heterocycles. The van der Waals surface area contributed by atoms with Crippen molar-refractivity contribution in [2.45, 2.75) is 6.54 Å². The lowest BCUT2D eigenvalue weighted by molar-refractivity contribution is 0.587. The van der Waals surface area contributed by atoms with Gasteiger partial charge in [-0.25, -0.2) is 19.3 Å². The van der Waals surface area contributed by atoms with Crippen LogP contribution in [0.4, 0.5) is 10.2 Å². The molecule has 0 bridgehead atoms. The molecule has 0 spiro atoms. The number of hydrogen-bond acceptors (Lipinski definition) is 6. The Balaban J connectivity index is 1.80. The molecule has 0 unspecified atom stereocenters. The van der Waals surface area contributed by atoms with Gasteiger partial charge in [0.2, 0.25) is 0 Å². The van der Waals surface area contributed by atoms with Crippen molar-refractivity contribution in [2.75, 3.05) is 5.73 Å². The Labute approximate surface area is 146 Å². The number of anilines is 1. The Kier molecular flexibility index (Phi) is 3.95. The molecule has 4 aromatic rings. The minimum Gasteiger partial charge on any atom is -0.384 e. The fourth-order valence-electron chi connectivity index (χ4n) is 2.48. The van der Waals surface area contributed by atoms with E-state index in [1.54, 1.807) is 40.7 Å². The Morgan fingerprint density at radius 1 is 1.12 bits per heavy atom. The summed E-state index contributed by atoms with van der Waals surface area (Å²) in [6.45, 7) is 0.280. The Morgan fingerprint density at radius 3 is 2.76 bits per heavy atom. The van der Waals surface area contributed by atoms with Gasteiger partial charge >= 0.3 is 0 Å². The summed E-state index contributed by atoms with van der Waals surface area (Å²) in [6.07, 6.45) is 1.58. The van der Waals surface area contributed by atoms with Crippen LogP contribution in [-0.4, -0.2) is 24.7 Å². The maximum absolute atomic E-state index is 14.0. The monoisotopic (exact) mass is 352 g/mol.